The molecule has 198 valence electrons. The molecule has 3 aliphatic rings. The lowest BCUT2D eigenvalue weighted by atomic mass is 9.75. The summed E-state index contributed by atoms with van der Waals surface area (Å²) in [5, 5.41) is 11.2. The molecule has 0 spiro atoms. The molecule has 2 heterocycles. The summed E-state index contributed by atoms with van der Waals surface area (Å²) in [4.78, 5) is 29.2. The molecule has 0 unspecified atom stereocenters. The second kappa shape index (κ2) is 11.2. The summed E-state index contributed by atoms with van der Waals surface area (Å²) in [5.41, 5.74) is 2.46. The van der Waals surface area contributed by atoms with Crippen LogP contribution < -0.4 is 14.4 Å². The van der Waals surface area contributed by atoms with E-state index in [0.717, 1.165) is 44.5 Å². The quantitative estimate of drug-likeness (QED) is 0.282. The Balaban J connectivity index is 1.43. The number of amides is 1. The first-order valence-corrected chi connectivity index (χ1v) is 13.1. The normalized spacial score (nSPS) is 20.6. The van der Waals surface area contributed by atoms with Gasteiger partial charge in [0, 0.05) is 54.6 Å². The number of carbonyl (C=O) groups is 1. The van der Waals surface area contributed by atoms with Crippen LogP contribution in [0.4, 0.5) is 11.4 Å². The summed E-state index contributed by atoms with van der Waals surface area (Å²) in [6.07, 6.45) is 4.08. The van der Waals surface area contributed by atoms with Crippen molar-refractivity contribution in [1.82, 2.24) is 4.90 Å². The number of piperidine rings is 2. The van der Waals surface area contributed by atoms with Gasteiger partial charge in [-0.05, 0) is 61.4 Å². The van der Waals surface area contributed by atoms with Crippen LogP contribution in [-0.4, -0.2) is 55.1 Å². The number of hydrogen-bond donors (Lipinski definition) is 0. The molecule has 8 heteroatoms. The molecule has 0 aromatic heterocycles. The number of hydrogen-bond acceptors (Lipinski definition) is 6. The Kier molecular flexibility index (Phi) is 7.60. The first-order valence-electron chi connectivity index (χ1n) is 13.1. The smallest absolute Gasteiger partial charge is 0.269 e. The molecular formula is C30H33N3O5. The molecule has 1 amide bonds. The van der Waals surface area contributed by atoms with E-state index in [1.54, 1.807) is 26.4 Å². The Hall–Kier alpha value is -3.91. The Morgan fingerprint density at radius 1 is 1.00 bits per heavy atom. The van der Waals surface area contributed by atoms with Crippen LogP contribution in [0.15, 0.2) is 72.8 Å². The highest BCUT2D eigenvalue weighted by molar-refractivity contribution is 6.06. The third kappa shape index (κ3) is 5.22. The minimum absolute atomic E-state index is 0.0162. The van der Waals surface area contributed by atoms with Crippen LogP contribution in [0, 0.1) is 16.0 Å². The predicted octanol–water partition coefficient (Wildman–Crippen LogP) is 5.35. The lowest BCUT2D eigenvalue weighted by Gasteiger charge is -2.52. The van der Waals surface area contributed by atoms with Gasteiger partial charge in [-0.25, -0.2) is 0 Å². The zero-order valence-electron chi connectivity index (χ0n) is 21.8. The van der Waals surface area contributed by atoms with Crippen LogP contribution in [0.1, 0.15) is 35.2 Å². The highest BCUT2D eigenvalue weighted by Crippen LogP contribution is 2.42. The lowest BCUT2D eigenvalue weighted by Crippen LogP contribution is -2.60. The van der Waals surface area contributed by atoms with Gasteiger partial charge in [-0.2, -0.15) is 0 Å². The van der Waals surface area contributed by atoms with E-state index in [0.29, 0.717) is 29.0 Å². The number of methoxy groups -OCH3 is 2. The number of fused-ring (bicyclic) bond motifs is 3. The monoisotopic (exact) mass is 515 g/mol. The van der Waals surface area contributed by atoms with Gasteiger partial charge in [-0.3, -0.25) is 19.8 Å². The Bertz CT molecular complexity index is 1280. The summed E-state index contributed by atoms with van der Waals surface area (Å²) in [5.74, 6) is 1.31. The molecule has 1 saturated carbocycles. The van der Waals surface area contributed by atoms with Gasteiger partial charge < -0.3 is 14.4 Å². The number of non-ortho nitro benzene ring substituents is 1. The zero-order valence-corrected chi connectivity index (χ0v) is 21.8. The van der Waals surface area contributed by atoms with Crippen LogP contribution in [0.5, 0.6) is 11.5 Å². The van der Waals surface area contributed by atoms with Crippen LogP contribution in [0.25, 0.3) is 0 Å². The molecule has 38 heavy (non-hydrogen) atoms. The van der Waals surface area contributed by atoms with Gasteiger partial charge >= 0.3 is 0 Å². The van der Waals surface area contributed by atoms with Crippen molar-refractivity contribution >= 4 is 17.3 Å². The van der Waals surface area contributed by atoms with Crippen molar-refractivity contribution < 1.29 is 19.2 Å². The summed E-state index contributed by atoms with van der Waals surface area (Å²) in [6, 6.07) is 22.4. The largest absolute Gasteiger partial charge is 0.493 e. The summed E-state index contributed by atoms with van der Waals surface area (Å²) in [6.45, 7) is 1.95. The van der Waals surface area contributed by atoms with Gasteiger partial charge in [0.05, 0.1) is 19.1 Å². The van der Waals surface area contributed by atoms with E-state index in [1.807, 2.05) is 29.2 Å². The van der Waals surface area contributed by atoms with Gasteiger partial charge in [-0.1, -0.05) is 30.3 Å². The van der Waals surface area contributed by atoms with E-state index in [9.17, 15) is 14.9 Å². The van der Waals surface area contributed by atoms with E-state index in [2.05, 4.69) is 29.2 Å². The van der Waals surface area contributed by atoms with Crippen molar-refractivity contribution in [1.29, 1.82) is 0 Å². The van der Waals surface area contributed by atoms with Crippen molar-refractivity contribution in [3.05, 3.63) is 94.0 Å². The minimum atomic E-state index is -0.454. The van der Waals surface area contributed by atoms with E-state index in [1.165, 1.54) is 17.7 Å². The number of rotatable bonds is 9. The van der Waals surface area contributed by atoms with Crippen LogP contribution in [0.2, 0.25) is 0 Å². The number of ether oxygens (including phenoxy) is 2. The molecule has 8 nitrogen and oxygen atoms in total. The van der Waals surface area contributed by atoms with Gasteiger partial charge in [0.25, 0.3) is 11.6 Å². The molecule has 0 radical (unpaired) electrons. The number of nitro groups is 1. The van der Waals surface area contributed by atoms with E-state index < -0.39 is 4.92 Å². The molecule has 2 bridgehead atoms. The molecule has 2 aliphatic heterocycles. The first kappa shape index (κ1) is 25.7. The molecule has 3 aromatic rings. The summed E-state index contributed by atoms with van der Waals surface area (Å²) < 4.78 is 11.0. The third-order valence-corrected chi connectivity index (χ3v) is 7.97. The Morgan fingerprint density at radius 2 is 1.74 bits per heavy atom. The molecule has 1 aliphatic carbocycles. The molecule has 2 saturated heterocycles. The molecule has 6 rings (SSSR count). The lowest BCUT2D eigenvalue weighted by molar-refractivity contribution is -0.384. The van der Waals surface area contributed by atoms with Gasteiger partial charge in [0.2, 0.25) is 0 Å². The number of anilines is 1. The highest BCUT2D eigenvalue weighted by Gasteiger charge is 2.44. The van der Waals surface area contributed by atoms with Crippen LogP contribution >= 0.6 is 0 Å². The molecule has 3 fully saturated rings. The van der Waals surface area contributed by atoms with E-state index >= 15 is 0 Å². The fourth-order valence-corrected chi connectivity index (χ4v) is 5.99. The molecule has 0 N–H and O–H groups in total. The highest BCUT2D eigenvalue weighted by atomic mass is 16.6. The average molecular weight is 516 g/mol. The third-order valence-electron chi connectivity index (χ3n) is 7.97. The Labute approximate surface area is 222 Å². The van der Waals surface area contributed by atoms with Crippen LogP contribution in [0.3, 0.4) is 0 Å². The van der Waals surface area contributed by atoms with Gasteiger partial charge in [0.1, 0.15) is 0 Å². The maximum Gasteiger partial charge on any atom is 0.269 e. The maximum atomic E-state index is 14.0. The van der Waals surface area contributed by atoms with Crippen molar-refractivity contribution in [2.75, 3.05) is 32.2 Å². The number of nitro benzene ring substituents is 1. The first-order chi connectivity index (χ1) is 18.5. The number of benzene rings is 3. The second-order valence-electron chi connectivity index (χ2n) is 10.0. The summed E-state index contributed by atoms with van der Waals surface area (Å²) >= 11 is 0. The number of nitrogens with zero attached hydrogens (tertiary/aromatic N) is 3. The minimum Gasteiger partial charge on any atom is -0.493 e. The molecule has 3 atom stereocenters. The van der Waals surface area contributed by atoms with Gasteiger partial charge in [-0.15, -0.1) is 0 Å². The maximum absolute atomic E-state index is 14.0. The zero-order chi connectivity index (χ0) is 26.6. The van der Waals surface area contributed by atoms with Gasteiger partial charge in [0.15, 0.2) is 11.5 Å². The summed E-state index contributed by atoms with van der Waals surface area (Å²) in [7, 11) is 3.17. The van der Waals surface area contributed by atoms with E-state index in [-0.39, 0.29) is 17.6 Å². The van der Waals surface area contributed by atoms with Crippen molar-refractivity contribution in [3.8, 4) is 11.5 Å². The second-order valence-corrected chi connectivity index (χ2v) is 10.0. The molecule has 3 aromatic carbocycles. The van der Waals surface area contributed by atoms with Crippen molar-refractivity contribution in [2.45, 2.75) is 37.8 Å². The Morgan fingerprint density at radius 3 is 2.37 bits per heavy atom. The predicted molar refractivity (Wildman–Crippen MR) is 146 cm³/mol. The molecular weight excluding hydrogens is 482 g/mol. The van der Waals surface area contributed by atoms with Crippen molar-refractivity contribution in [2.24, 2.45) is 5.92 Å². The standard InChI is InChI=1S/C30H33N3O5/c1-37-28-15-14-26(19-29(28)38-2)32(30(34)22-8-11-24(12-9-22)33(35)36)27-18-25-13-10-23(27)20-31(25)17-16-21-6-4-3-5-7-21/h3-9,11-12,14-15,19,23,25,27H,10,13,16-18,20H2,1-2H3/t23-,25+,27+/m0/s1. The average Bonchev–Trinajstić information content (AvgIpc) is 2.97. The van der Waals surface area contributed by atoms with Crippen LogP contribution in [-0.2, 0) is 6.42 Å². The van der Waals surface area contributed by atoms with Crippen molar-refractivity contribution in [3.63, 3.8) is 0 Å². The fraction of sp³-hybridized carbons (Fsp3) is 0.367. The number of carbonyl (C=O) groups excluding carboxylic acids is 1. The topological polar surface area (TPSA) is 85.1 Å². The van der Waals surface area contributed by atoms with E-state index in [4.69, 9.17) is 9.47 Å². The SMILES string of the molecule is COc1ccc(N(C(=O)c2ccc([N+](=O)[O-])cc2)[C@@H]2C[C@H]3CC[C@H]2CN3CCc2ccccc2)cc1OC. The fourth-order valence-electron chi connectivity index (χ4n) is 5.99.